The Labute approximate surface area is 185 Å². The lowest BCUT2D eigenvalue weighted by Crippen LogP contribution is -2.38. The average molecular weight is 431 g/mol. The van der Waals surface area contributed by atoms with E-state index in [-0.39, 0.29) is 24.7 Å². The molecule has 3 aromatic heterocycles. The number of nitrogens with one attached hydrogen (secondary N) is 1. The van der Waals surface area contributed by atoms with Gasteiger partial charge >= 0.3 is 0 Å². The number of para-hydroxylation sites is 1. The van der Waals surface area contributed by atoms with Crippen LogP contribution in [-0.2, 0) is 29.7 Å². The number of anilines is 1. The molecule has 4 heterocycles. The first-order valence-corrected chi connectivity index (χ1v) is 10.8. The first-order valence-electron chi connectivity index (χ1n) is 10.8. The van der Waals surface area contributed by atoms with Crippen molar-refractivity contribution in [1.82, 2.24) is 19.7 Å². The Balaban J connectivity index is 1.30. The zero-order valence-electron chi connectivity index (χ0n) is 18.0. The van der Waals surface area contributed by atoms with Crippen LogP contribution in [0.15, 0.2) is 59.3 Å². The van der Waals surface area contributed by atoms with Crippen LogP contribution in [0.4, 0.5) is 5.82 Å². The zero-order chi connectivity index (χ0) is 22.1. The van der Waals surface area contributed by atoms with Crippen molar-refractivity contribution in [3.63, 3.8) is 0 Å². The fraction of sp³-hybridized carbons (Fsp3) is 0.292. The summed E-state index contributed by atoms with van der Waals surface area (Å²) in [7, 11) is 2.02. The lowest BCUT2D eigenvalue weighted by atomic mass is 10.1. The van der Waals surface area contributed by atoms with Crippen molar-refractivity contribution in [3.05, 3.63) is 60.7 Å². The number of nitrogens with zero attached hydrogens (tertiary/aromatic N) is 4. The summed E-state index contributed by atoms with van der Waals surface area (Å²) in [6.07, 6.45) is 4.77. The van der Waals surface area contributed by atoms with Crippen LogP contribution in [-0.4, -0.2) is 32.7 Å². The number of amides is 2. The van der Waals surface area contributed by atoms with E-state index in [1.165, 1.54) is 0 Å². The highest BCUT2D eigenvalue weighted by Crippen LogP contribution is 2.33. The molecule has 1 aromatic carbocycles. The highest BCUT2D eigenvalue weighted by molar-refractivity contribution is 5.98. The number of fused-ring (bicyclic) bond motifs is 2. The van der Waals surface area contributed by atoms with E-state index in [1.54, 1.807) is 23.3 Å². The summed E-state index contributed by atoms with van der Waals surface area (Å²) >= 11 is 0. The minimum Gasteiger partial charge on any atom is -0.467 e. The fourth-order valence-electron chi connectivity index (χ4n) is 4.25. The number of hydrogen-bond acceptors (Lipinski definition) is 4. The molecule has 4 aromatic rings. The number of benzene rings is 1. The van der Waals surface area contributed by atoms with Crippen molar-refractivity contribution in [1.29, 1.82) is 0 Å². The van der Waals surface area contributed by atoms with E-state index in [1.807, 2.05) is 29.9 Å². The number of aromatic nitrogens is 3. The minimum absolute atomic E-state index is 0.0662. The smallest absolute Gasteiger partial charge is 0.228 e. The summed E-state index contributed by atoms with van der Waals surface area (Å²) < 4.78 is 9.20. The topological polar surface area (TPSA) is 85.3 Å². The average Bonchev–Trinajstić information content (AvgIpc) is 3.55. The molecule has 8 nitrogen and oxygen atoms in total. The number of rotatable bonds is 6. The van der Waals surface area contributed by atoms with E-state index in [9.17, 15) is 9.59 Å². The van der Waals surface area contributed by atoms with Crippen molar-refractivity contribution in [3.8, 4) is 11.3 Å². The Hall–Kier alpha value is -3.81. The van der Waals surface area contributed by atoms with Crippen molar-refractivity contribution in [2.75, 3.05) is 11.4 Å². The Bertz CT molecular complexity index is 1270. The highest BCUT2D eigenvalue weighted by atomic mass is 16.3. The molecule has 32 heavy (non-hydrogen) atoms. The number of carbonyl (C=O) groups excluding carboxylic acids is 2. The molecule has 0 bridgehead atoms. The van der Waals surface area contributed by atoms with Crippen molar-refractivity contribution in [2.24, 2.45) is 7.05 Å². The second-order valence-corrected chi connectivity index (χ2v) is 8.04. The normalized spacial score (nSPS) is 13.3. The van der Waals surface area contributed by atoms with Crippen molar-refractivity contribution >= 4 is 28.5 Å². The molecule has 2 amide bonds. The zero-order valence-corrected chi connectivity index (χ0v) is 18.0. The standard InChI is InChI=1S/C24H25N5O3/c1-27-16-19(18-7-2-3-8-21(18)27)20-14-23-28(11-5-12-29(23)26-20)24(31)10-9-22(30)25-15-17-6-4-13-32-17/h2-4,6-8,13-14,16H,5,9-12,15H2,1H3,(H,25,30). The molecule has 1 aliphatic heterocycles. The van der Waals surface area contributed by atoms with Crippen LogP contribution < -0.4 is 10.2 Å². The van der Waals surface area contributed by atoms with Crippen LogP contribution in [0.25, 0.3) is 22.2 Å². The van der Waals surface area contributed by atoms with Gasteiger partial charge in [0.1, 0.15) is 11.6 Å². The monoisotopic (exact) mass is 431 g/mol. The van der Waals surface area contributed by atoms with Crippen LogP contribution in [0.3, 0.4) is 0 Å². The molecule has 0 unspecified atom stereocenters. The molecular weight excluding hydrogens is 406 g/mol. The number of hydrogen-bond donors (Lipinski definition) is 1. The van der Waals surface area contributed by atoms with E-state index in [2.05, 4.69) is 28.2 Å². The molecule has 5 rings (SSSR count). The van der Waals surface area contributed by atoms with Crippen LogP contribution in [0, 0.1) is 0 Å². The van der Waals surface area contributed by atoms with E-state index in [4.69, 9.17) is 9.52 Å². The van der Waals surface area contributed by atoms with E-state index < -0.39 is 0 Å². The Morgan fingerprint density at radius 1 is 1.12 bits per heavy atom. The molecule has 0 radical (unpaired) electrons. The van der Waals surface area contributed by atoms with Gasteiger partial charge in [-0.15, -0.1) is 0 Å². The molecule has 0 atom stereocenters. The van der Waals surface area contributed by atoms with Gasteiger partial charge in [0.15, 0.2) is 0 Å². The summed E-state index contributed by atoms with van der Waals surface area (Å²) in [5, 5.41) is 8.71. The Morgan fingerprint density at radius 2 is 2.00 bits per heavy atom. The molecule has 1 aliphatic rings. The van der Waals surface area contributed by atoms with Gasteiger partial charge in [-0.25, -0.2) is 4.68 Å². The lowest BCUT2D eigenvalue weighted by Gasteiger charge is -2.27. The Morgan fingerprint density at radius 3 is 2.84 bits per heavy atom. The SMILES string of the molecule is Cn1cc(-c2cc3n(n2)CCCN3C(=O)CCC(=O)NCc2ccco2)c2ccccc21. The molecule has 8 heteroatoms. The third-order valence-electron chi connectivity index (χ3n) is 5.87. The van der Waals surface area contributed by atoms with Crippen LogP contribution >= 0.6 is 0 Å². The summed E-state index contributed by atoms with van der Waals surface area (Å²) in [5.74, 6) is 1.24. The lowest BCUT2D eigenvalue weighted by molar-refractivity contribution is -0.125. The van der Waals surface area contributed by atoms with E-state index >= 15 is 0 Å². The van der Waals surface area contributed by atoms with Gasteiger partial charge in [0, 0.05) is 61.7 Å². The summed E-state index contributed by atoms with van der Waals surface area (Å²) in [6, 6.07) is 13.8. The maximum Gasteiger partial charge on any atom is 0.228 e. The van der Waals surface area contributed by atoms with Gasteiger partial charge in [-0.2, -0.15) is 5.10 Å². The predicted molar refractivity (Wildman–Crippen MR) is 121 cm³/mol. The second kappa shape index (κ2) is 8.37. The molecule has 0 saturated heterocycles. The van der Waals surface area contributed by atoms with Gasteiger partial charge in [-0.1, -0.05) is 18.2 Å². The van der Waals surface area contributed by atoms with E-state index in [0.29, 0.717) is 18.8 Å². The molecule has 1 N–H and O–H groups in total. The third kappa shape index (κ3) is 3.79. The van der Waals surface area contributed by atoms with Crippen LogP contribution in [0.5, 0.6) is 0 Å². The molecule has 0 fully saturated rings. The van der Waals surface area contributed by atoms with Crippen LogP contribution in [0.2, 0.25) is 0 Å². The number of aryl methyl sites for hydroxylation is 2. The van der Waals surface area contributed by atoms with Crippen molar-refractivity contribution < 1.29 is 14.0 Å². The fourth-order valence-corrected chi connectivity index (χ4v) is 4.25. The highest BCUT2D eigenvalue weighted by Gasteiger charge is 2.26. The van der Waals surface area contributed by atoms with Gasteiger partial charge in [0.05, 0.1) is 18.5 Å². The molecular formula is C24H25N5O3. The summed E-state index contributed by atoms with van der Waals surface area (Å²) in [6.45, 7) is 1.73. The summed E-state index contributed by atoms with van der Waals surface area (Å²) in [5.41, 5.74) is 3.05. The largest absolute Gasteiger partial charge is 0.467 e. The first kappa shape index (κ1) is 20.1. The maximum absolute atomic E-state index is 12.9. The molecule has 164 valence electrons. The van der Waals surface area contributed by atoms with Gasteiger partial charge < -0.3 is 14.3 Å². The first-order chi connectivity index (χ1) is 15.6. The minimum atomic E-state index is -0.170. The predicted octanol–water partition coefficient (Wildman–Crippen LogP) is 3.47. The molecule has 0 saturated carbocycles. The second-order valence-electron chi connectivity index (χ2n) is 8.04. The third-order valence-corrected chi connectivity index (χ3v) is 5.87. The summed E-state index contributed by atoms with van der Waals surface area (Å²) in [4.78, 5) is 26.8. The van der Waals surface area contributed by atoms with E-state index in [0.717, 1.165) is 40.9 Å². The molecule has 0 spiro atoms. The van der Waals surface area contributed by atoms with Gasteiger partial charge in [-0.05, 0) is 24.6 Å². The quantitative estimate of drug-likeness (QED) is 0.507. The van der Waals surface area contributed by atoms with Crippen molar-refractivity contribution in [2.45, 2.75) is 32.4 Å². The van der Waals surface area contributed by atoms with Gasteiger partial charge in [-0.3, -0.25) is 14.5 Å². The Kier molecular flexibility index (Phi) is 5.26. The number of carbonyl (C=O) groups is 2. The van der Waals surface area contributed by atoms with Crippen LogP contribution in [0.1, 0.15) is 25.0 Å². The number of furan rings is 1. The van der Waals surface area contributed by atoms with Gasteiger partial charge in [0.25, 0.3) is 0 Å². The van der Waals surface area contributed by atoms with Gasteiger partial charge in [0.2, 0.25) is 11.8 Å². The maximum atomic E-state index is 12.9. The molecule has 0 aliphatic carbocycles.